The molecule has 4 rings (SSSR count). The topological polar surface area (TPSA) is 105 Å². The van der Waals surface area contributed by atoms with E-state index in [1.54, 1.807) is 48.5 Å². The van der Waals surface area contributed by atoms with E-state index in [-0.39, 0.29) is 28.9 Å². The Labute approximate surface area is 212 Å². The van der Waals surface area contributed by atoms with Gasteiger partial charge in [-0.2, -0.15) is 0 Å². The predicted molar refractivity (Wildman–Crippen MR) is 137 cm³/mol. The summed E-state index contributed by atoms with van der Waals surface area (Å²) in [6.07, 6.45) is 1.34. The van der Waals surface area contributed by atoms with Gasteiger partial charge in [-0.15, -0.1) is 0 Å². The second kappa shape index (κ2) is 10.5. The number of carbonyl (C=O) groups excluding carboxylic acids is 4. The van der Waals surface area contributed by atoms with E-state index in [2.05, 4.69) is 10.6 Å². The van der Waals surface area contributed by atoms with E-state index in [4.69, 9.17) is 16.3 Å². The average Bonchev–Trinajstić information content (AvgIpc) is 2.84. The van der Waals surface area contributed by atoms with Crippen molar-refractivity contribution >= 4 is 52.8 Å². The zero-order valence-electron chi connectivity index (χ0n) is 19.5. The molecule has 1 aliphatic rings. The molecule has 1 aliphatic heterocycles. The van der Waals surface area contributed by atoms with Crippen LogP contribution in [0.25, 0.3) is 6.08 Å². The van der Waals surface area contributed by atoms with Crippen LogP contribution in [0.4, 0.5) is 16.2 Å². The van der Waals surface area contributed by atoms with Gasteiger partial charge in [0.25, 0.3) is 17.7 Å². The molecule has 1 saturated heterocycles. The normalized spacial score (nSPS) is 14.6. The minimum atomic E-state index is -0.819. The lowest BCUT2D eigenvalue weighted by molar-refractivity contribution is -0.122. The second-order valence-corrected chi connectivity index (χ2v) is 8.53. The van der Waals surface area contributed by atoms with Crippen molar-refractivity contribution in [3.63, 3.8) is 0 Å². The zero-order valence-corrected chi connectivity index (χ0v) is 20.3. The van der Waals surface area contributed by atoms with Crippen LogP contribution in [0, 0.1) is 13.8 Å². The van der Waals surface area contributed by atoms with Gasteiger partial charge in [-0.05, 0) is 73.0 Å². The Morgan fingerprint density at radius 3 is 2.44 bits per heavy atom. The molecule has 1 fully saturated rings. The number of rotatable bonds is 6. The minimum Gasteiger partial charge on any atom is -0.482 e. The first-order valence-electron chi connectivity index (χ1n) is 11.0. The molecule has 1 heterocycles. The van der Waals surface area contributed by atoms with Crippen molar-refractivity contribution in [1.82, 2.24) is 5.32 Å². The van der Waals surface area contributed by atoms with Gasteiger partial charge in [0.15, 0.2) is 6.61 Å². The number of urea groups is 1. The van der Waals surface area contributed by atoms with E-state index in [0.717, 1.165) is 16.0 Å². The Hall–Kier alpha value is -4.43. The molecule has 0 unspecified atom stereocenters. The maximum Gasteiger partial charge on any atom is 0.335 e. The highest BCUT2D eigenvalue weighted by molar-refractivity contribution is 6.39. The molecule has 0 aromatic heterocycles. The highest BCUT2D eigenvalue weighted by atomic mass is 35.5. The van der Waals surface area contributed by atoms with Crippen molar-refractivity contribution in [2.24, 2.45) is 0 Å². The summed E-state index contributed by atoms with van der Waals surface area (Å²) in [5.41, 5.74) is 3.12. The van der Waals surface area contributed by atoms with Crippen LogP contribution in [0.5, 0.6) is 5.75 Å². The van der Waals surface area contributed by atoms with Crippen LogP contribution in [0.3, 0.4) is 0 Å². The number of imide groups is 2. The number of hydrogen-bond acceptors (Lipinski definition) is 5. The number of hydrogen-bond donors (Lipinski definition) is 2. The number of halogens is 1. The van der Waals surface area contributed by atoms with Crippen molar-refractivity contribution in [2.75, 3.05) is 16.8 Å². The summed E-state index contributed by atoms with van der Waals surface area (Å²) in [6.45, 7) is 3.52. The molecular weight excluding hydrogens is 482 g/mol. The Morgan fingerprint density at radius 2 is 1.75 bits per heavy atom. The quantitative estimate of drug-likeness (QED) is 0.376. The molecule has 0 saturated carbocycles. The largest absolute Gasteiger partial charge is 0.482 e. The fourth-order valence-electron chi connectivity index (χ4n) is 3.51. The number of anilines is 2. The summed E-state index contributed by atoms with van der Waals surface area (Å²) in [6, 6.07) is 17.9. The SMILES string of the molecule is Cc1ccc(N2C(=O)NC(=O)/C(=C\c3ccc(OCC(=O)Nc4ccccc4)c(Cl)c3)C2=O)cc1C. The highest BCUT2D eigenvalue weighted by Gasteiger charge is 2.36. The second-order valence-electron chi connectivity index (χ2n) is 8.12. The number of ether oxygens (including phenoxy) is 1. The molecule has 182 valence electrons. The Morgan fingerprint density at radius 1 is 1.00 bits per heavy atom. The third-order valence-electron chi connectivity index (χ3n) is 5.53. The Balaban J connectivity index is 1.50. The fourth-order valence-corrected chi connectivity index (χ4v) is 3.75. The molecule has 0 radical (unpaired) electrons. The van der Waals surface area contributed by atoms with E-state index >= 15 is 0 Å². The van der Waals surface area contributed by atoms with Crippen molar-refractivity contribution in [1.29, 1.82) is 0 Å². The van der Waals surface area contributed by atoms with Crippen LogP contribution in [0.15, 0.2) is 72.3 Å². The minimum absolute atomic E-state index is 0.183. The van der Waals surface area contributed by atoms with Gasteiger partial charge in [-0.25, -0.2) is 9.69 Å². The van der Waals surface area contributed by atoms with Crippen LogP contribution in [-0.4, -0.2) is 30.4 Å². The summed E-state index contributed by atoms with van der Waals surface area (Å²) in [7, 11) is 0. The molecule has 0 spiro atoms. The van der Waals surface area contributed by atoms with Gasteiger partial charge >= 0.3 is 6.03 Å². The molecule has 0 atom stereocenters. The van der Waals surface area contributed by atoms with Crippen molar-refractivity contribution in [3.05, 3.63) is 94.0 Å². The predicted octanol–water partition coefficient (Wildman–Crippen LogP) is 4.64. The number of nitrogens with zero attached hydrogens (tertiary/aromatic N) is 1. The fraction of sp³-hybridized carbons (Fsp3) is 0.111. The van der Waals surface area contributed by atoms with Gasteiger partial charge in [0.2, 0.25) is 0 Å². The van der Waals surface area contributed by atoms with Gasteiger partial charge in [0.1, 0.15) is 11.3 Å². The molecule has 3 aromatic rings. The van der Waals surface area contributed by atoms with Gasteiger partial charge in [-0.3, -0.25) is 19.7 Å². The summed E-state index contributed by atoms with van der Waals surface area (Å²) in [5.74, 6) is -1.66. The molecule has 3 aromatic carbocycles. The Kier molecular flexibility index (Phi) is 7.17. The van der Waals surface area contributed by atoms with Gasteiger partial charge in [0, 0.05) is 5.69 Å². The standard InChI is InChI=1S/C27H22ClN3O5/c1-16-8-10-20(12-17(16)2)31-26(34)21(25(33)30-27(31)35)13-18-9-11-23(22(28)14-18)36-15-24(32)29-19-6-4-3-5-7-19/h3-14H,15H2,1-2H3,(H,29,32)(H,30,33,35)/b21-13+. The highest BCUT2D eigenvalue weighted by Crippen LogP contribution is 2.28. The molecule has 9 heteroatoms. The van der Waals surface area contributed by atoms with Crippen LogP contribution in [0.2, 0.25) is 5.02 Å². The van der Waals surface area contributed by atoms with E-state index < -0.39 is 17.8 Å². The maximum atomic E-state index is 13.1. The van der Waals surface area contributed by atoms with Gasteiger partial charge < -0.3 is 10.1 Å². The van der Waals surface area contributed by atoms with Crippen molar-refractivity contribution < 1.29 is 23.9 Å². The summed E-state index contributed by atoms with van der Waals surface area (Å²) < 4.78 is 5.50. The number of nitrogens with one attached hydrogen (secondary N) is 2. The first kappa shape index (κ1) is 24.7. The van der Waals surface area contributed by atoms with E-state index in [1.807, 2.05) is 19.9 Å². The third-order valence-corrected chi connectivity index (χ3v) is 5.83. The average molecular weight is 504 g/mol. The number of benzene rings is 3. The molecular formula is C27H22ClN3O5. The number of carbonyl (C=O) groups is 4. The monoisotopic (exact) mass is 503 g/mol. The zero-order chi connectivity index (χ0) is 25.8. The van der Waals surface area contributed by atoms with Crippen LogP contribution >= 0.6 is 11.6 Å². The third kappa shape index (κ3) is 5.45. The van der Waals surface area contributed by atoms with Crippen LogP contribution in [0.1, 0.15) is 16.7 Å². The first-order valence-corrected chi connectivity index (χ1v) is 11.4. The van der Waals surface area contributed by atoms with Crippen LogP contribution < -0.4 is 20.3 Å². The summed E-state index contributed by atoms with van der Waals surface area (Å²) in [5, 5.41) is 5.09. The molecule has 5 amide bonds. The summed E-state index contributed by atoms with van der Waals surface area (Å²) in [4.78, 5) is 51.0. The molecule has 0 aliphatic carbocycles. The smallest absolute Gasteiger partial charge is 0.335 e. The lowest BCUT2D eigenvalue weighted by Gasteiger charge is -2.26. The van der Waals surface area contributed by atoms with E-state index in [0.29, 0.717) is 16.9 Å². The lowest BCUT2D eigenvalue weighted by Crippen LogP contribution is -2.54. The van der Waals surface area contributed by atoms with E-state index in [9.17, 15) is 19.2 Å². The van der Waals surface area contributed by atoms with Gasteiger partial charge in [0.05, 0.1) is 10.7 Å². The maximum absolute atomic E-state index is 13.1. The molecule has 8 nitrogen and oxygen atoms in total. The first-order chi connectivity index (χ1) is 17.2. The lowest BCUT2D eigenvalue weighted by atomic mass is 10.0. The van der Waals surface area contributed by atoms with E-state index in [1.165, 1.54) is 18.2 Å². The molecule has 2 N–H and O–H groups in total. The van der Waals surface area contributed by atoms with Crippen LogP contribution in [-0.2, 0) is 14.4 Å². The number of barbiturate groups is 1. The number of para-hydroxylation sites is 1. The number of amides is 5. The number of aryl methyl sites for hydroxylation is 2. The molecule has 36 heavy (non-hydrogen) atoms. The van der Waals surface area contributed by atoms with Crippen molar-refractivity contribution in [3.8, 4) is 5.75 Å². The van der Waals surface area contributed by atoms with Gasteiger partial charge in [-0.1, -0.05) is 41.9 Å². The van der Waals surface area contributed by atoms with Crippen molar-refractivity contribution in [2.45, 2.75) is 13.8 Å². The molecule has 0 bridgehead atoms. The summed E-state index contributed by atoms with van der Waals surface area (Å²) >= 11 is 6.31. The Bertz CT molecular complexity index is 1400.